The molecule has 0 radical (unpaired) electrons. The van der Waals surface area contributed by atoms with Crippen LogP contribution in [0.1, 0.15) is 10.4 Å². The zero-order valence-corrected chi connectivity index (χ0v) is 16.1. The minimum Gasteiger partial charge on any atom is -0.378 e. The van der Waals surface area contributed by atoms with Crippen LogP contribution in [-0.2, 0) is 4.74 Å². The summed E-state index contributed by atoms with van der Waals surface area (Å²) in [5.41, 5.74) is 3.24. The van der Waals surface area contributed by atoms with Crippen molar-refractivity contribution in [2.75, 3.05) is 39.4 Å². The second-order valence-electron chi connectivity index (χ2n) is 7.65. The molecule has 0 spiro atoms. The van der Waals surface area contributed by atoms with E-state index in [9.17, 15) is 9.18 Å². The van der Waals surface area contributed by atoms with E-state index in [0.29, 0.717) is 30.3 Å². The smallest absolute Gasteiger partial charge is 0.253 e. The van der Waals surface area contributed by atoms with Gasteiger partial charge in [0.15, 0.2) is 0 Å². The molecular weight excluding hydrogens is 369 g/mol. The van der Waals surface area contributed by atoms with Crippen molar-refractivity contribution >= 4 is 16.8 Å². The zero-order valence-electron chi connectivity index (χ0n) is 16.1. The van der Waals surface area contributed by atoms with Crippen LogP contribution in [-0.4, -0.2) is 66.1 Å². The lowest BCUT2D eigenvalue weighted by molar-refractivity contribution is -0.0394. The Morgan fingerprint density at radius 1 is 1.03 bits per heavy atom. The summed E-state index contributed by atoms with van der Waals surface area (Å²) in [7, 11) is 0. The van der Waals surface area contributed by atoms with Gasteiger partial charge < -0.3 is 9.64 Å². The van der Waals surface area contributed by atoms with Crippen LogP contribution in [0.3, 0.4) is 0 Å². The molecule has 2 aliphatic rings. The Kier molecular flexibility index (Phi) is 4.73. The van der Waals surface area contributed by atoms with Gasteiger partial charge in [0, 0.05) is 55.0 Å². The van der Waals surface area contributed by atoms with Crippen molar-refractivity contribution in [2.24, 2.45) is 0 Å². The molecule has 2 fully saturated rings. The summed E-state index contributed by atoms with van der Waals surface area (Å²) in [6.45, 7) is 4.80. The number of amides is 1. The van der Waals surface area contributed by atoms with E-state index in [-0.39, 0.29) is 11.7 Å². The molecule has 6 heteroatoms. The number of ether oxygens (including phenoxy) is 1. The number of nitrogens with zero attached hydrogens (tertiary/aromatic N) is 3. The lowest BCUT2D eigenvalue weighted by Gasteiger charge is -2.43. The fraction of sp³-hybridized carbons (Fsp3) is 0.304. The summed E-state index contributed by atoms with van der Waals surface area (Å²) in [6.07, 6.45) is 1.74. The van der Waals surface area contributed by atoms with Gasteiger partial charge in [-0.15, -0.1) is 0 Å². The lowest BCUT2D eigenvalue weighted by atomic mass is 10.0. The number of piperazine rings is 1. The van der Waals surface area contributed by atoms with Crippen LogP contribution in [0.15, 0.2) is 54.7 Å². The predicted octanol–water partition coefficient (Wildman–Crippen LogP) is 3.20. The molecule has 5 rings (SSSR count). The average Bonchev–Trinajstić information content (AvgIpc) is 2.78. The minimum atomic E-state index is -0.291. The van der Waals surface area contributed by atoms with E-state index in [1.54, 1.807) is 12.3 Å². The molecule has 5 nitrogen and oxygen atoms in total. The van der Waals surface area contributed by atoms with Crippen molar-refractivity contribution in [3.05, 3.63) is 66.1 Å². The number of benzene rings is 2. The first-order valence-electron chi connectivity index (χ1n) is 9.94. The molecular formula is C23H22FN3O2. The highest BCUT2D eigenvalue weighted by atomic mass is 19.1. The number of pyridine rings is 1. The number of fused-ring (bicyclic) bond motifs is 2. The van der Waals surface area contributed by atoms with E-state index < -0.39 is 0 Å². The highest BCUT2D eigenvalue weighted by Crippen LogP contribution is 2.24. The Hall–Kier alpha value is -2.83. The third-order valence-electron chi connectivity index (χ3n) is 5.84. The van der Waals surface area contributed by atoms with Gasteiger partial charge in [-0.05, 0) is 35.9 Å². The average molecular weight is 391 g/mol. The number of morpholine rings is 1. The van der Waals surface area contributed by atoms with E-state index in [1.807, 2.05) is 35.2 Å². The fourth-order valence-corrected chi connectivity index (χ4v) is 4.17. The van der Waals surface area contributed by atoms with Crippen molar-refractivity contribution in [3.8, 4) is 11.1 Å². The van der Waals surface area contributed by atoms with Gasteiger partial charge in [-0.25, -0.2) is 4.39 Å². The molecule has 2 saturated heterocycles. The van der Waals surface area contributed by atoms with Crippen LogP contribution in [0, 0.1) is 5.82 Å². The summed E-state index contributed by atoms with van der Waals surface area (Å²) in [4.78, 5) is 21.6. The summed E-state index contributed by atoms with van der Waals surface area (Å²) < 4.78 is 18.9. The van der Waals surface area contributed by atoms with Gasteiger partial charge >= 0.3 is 0 Å². The number of carbonyl (C=O) groups excluding carboxylic acids is 1. The molecule has 0 saturated carbocycles. The van der Waals surface area contributed by atoms with Gasteiger partial charge in [0.2, 0.25) is 0 Å². The predicted molar refractivity (Wildman–Crippen MR) is 109 cm³/mol. The first-order valence-corrected chi connectivity index (χ1v) is 9.94. The molecule has 148 valence electrons. The summed E-state index contributed by atoms with van der Waals surface area (Å²) in [5.74, 6) is -0.227. The van der Waals surface area contributed by atoms with Gasteiger partial charge in [0.1, 0.15) is 5.82 Å². The van der Waals surface area contributed by atoms with Crippen molar-refractivity contribution in [3.63, 3.8) is 0 Å². The fourth-order valence-electron chi connectivity index (χ4n) is 4.17. The number of halogens is 1. The molecule has 1 unspecified atom stereocenters. The van der Waals surface area contributed by atoms with Crippen LogP contribution in [0.5, 0.6) is 0 Å². The standard InChI is InChI=1S/C23H22FN3O2/c24-20-6-5-18-11-19(13-25-22(18)12-20)16-1-3-17(4-2-16)23(28)27-8-7-26-9-10-29-15-21(26)14-27/h1-6,11-13,21H,7-10,14-15H2. The van der Waals surface area contributed by atoms with Gasteiger partial charge in [-0.3, -0.25) is 14.7 Å². The van der Waals surface area contributed by atoms with E-state index in [1.165, 1.54) is 12.1 Å². The Morgan fingerprint density at radius 3 is 2.76 bits per heavy atom. The molecule has 3 aromatic rings. The number of hydrogen-bond acceptors (Lipinski definition) is 4. The van der Waals surface area contributed by atoms with Gasteiger partial charge in [0.25, 0.3) is 5.91 Å². The van der Waals surface area contributed by atoms with Crippen LogP contribution in [0.2, 0.25) is 0 Å². The highest BCUT2D eigenvalue weighted by molar-refractivity contribution is 5.95. The molecule has 0 aliphatic carbocycles. The highest BCUT2D eigenvalue weighted by Gasteiger charge is 2.31. The minimum absolute atomic E-state index is 0.0638. The van der Waals surface area contributed by atoms with Crippen molar-refractivity contribution in [1.82, 2.24) is 14.8 Å². The molecule has 1 atom stereocenters. The van der Waals surface area contributed by atoms with E-state index >= 15 is 0 Å². The molecule has 0 N–H and O–H groups in total. The summed E-state index contributed by atoms with van der Waals surface area (Å²) in [6, 6.07) is 14.5. The Labute approximate surface area is 168 Å². The third kappa shape index (κ3) is 3.61. The quantitative estimate of drug-likeness (QED) is 0.673. The van der Waals surface area contributed by atoms with Gasteiger partial charge in [-0.2, -0.15) is 0 Å². The van der Waals surface area contributed by atoms with Crippen molar-refractivity contribution in [2.45, 2.75) is 6.04 Å². The number of aromatic nitrogens is 1. The molecule has 1 aromatic heterocycles. The van der Waals surface area contributed by atoms with Crippen molar-refractivity contribution < 1.29 is 13.9 Å². The largest absolute Gasteiger partial charge is 0.378 e. The number of rotatable bonds is 2. The second-order valence-corrected chi connectivity index (χ2v) is 7.65. The molecule has 2 aliphatic heterocycles. The van der Waals surface area contributed by atoms with Crippen LogP contribution >= 0.6 is 0 Å². The normalized spacial score (nSPS) is 19.9. The van der Waals surface area contributed by atoms with Crippen LogP contribution < -0.4 is 0 Å². The lowest BCUT2D eigenvalue weighted by Crippen LogP contribution is -2.59. The Bertz CT molecular complexity index is 1050. The summed E-state index contributed by atoms with van der Waals surface area (Å²) in [5, 5.41) is 0.886. The summed E-state index contributed by atoms with van der Waals surface area (Å²) >= 11 is 0. The van der Waals surface area contributed by atoms with Crippen molar-refractivity contribution in [1.29, 1.82) is 0 Å². The molecule has 0 bridgehead atoms. The molecule has 3 heterocycles. The topological polar surface area (TPSA) is 45.7 Å². The van der Waals surface area contributed by atoms with Crippen LogP contribution in [0.4, 0.5) is 4.39 Å². The Morgan fingerprint density at radius 2 is 1.90 bits per heavy atom. The maximum atomic E-state index is 13.3. The monoisotopic (exact) mass is 391 g/mol. The Balaban J connectivity index is 1.33. The van der Waals surface area contributed by atoms with E-state index in [0.717, 1.165) is 42.8 Å². The second kappa shape index (κ2) is 7.54. The molecule has 2 aromatic carbocycles. The SMILES string of the molecule is O=C(c1ccc(-c2cnc3cc(F)ccc3c2)cc1)N1CCN2CCOCC2C1. The first-order chi connectivity index (χ1) is 14.2. The number of hydrogen-bond donors (Lipinski definition) is 0. The van der Waals surface area contributed by atoms with Gasteiger partial charge in [-0.1, -0.05) is 12.1 Å². The third-order valence-corrected chi connectivity index (χ3v) is 5.84. The zero-order chi connectivity index (χ0) is 19.8. The van der Waals surface area contributed by atoms with Gasteiger partial charge in [0.05, 0.1) is 24.8 Å². The van der Waals surface area contributed by atoms with E-state index in [2.05, 4.69) is 9.88 Å². The van der Waals surface area contributed by atoms with E-state index in [4.69, 9.17) is 4.74 Å². The maximum Gasteiger partial charge on any atom is 0.253 e. The number of carbonyl (C=O) groups is 1. The maximum absolute atomic E-state index is 13.3. The molecule has 1 amide bonds. The molecule has 29 heavy (non-hydrogen) atoms. The van der Waals surface area contributed by atoms with Crippen LogP contribution in [0.25, 0.3) is 22.0 Å². The first kappa shape index (κ1) is 18.2.